The number of hydrogen-bond acceptors (Lipinski definition) is 4. The van der Waals surface area contributed by atoms with Gasteiger partial charge in [0.2, 0.25) is 0 Å². The van der Waals surface area contributed by atoms with Crippen molar-refractivity contribution in [3.8, 4) is 22.5 Å². The Morgan fingerprint density at radius 2 is 1.83 bits per heavy atom. The Bertz CT molecular complexity index is 1640. The van der Waals surface area contributed by atoms with Crippen LogP contribution in [0.1, 0.15) is 45.8 Å². The number of aryl methyl sites for hydroxylation is 2. The van der Waals surface area contributed by atoms with Gasteiger partial charge < -0.3 is 5.32 Å². The zero-order valence-corrected chi connectivity index (χ0v) is 20.0. The van der Waals surface area contributed by atoms with Crippen molar-refractivity contribution in [2.45, 2.75) is 32.6 Å². The van der Waals surface area contributed by atoms with E-state index in [-0.39, 0.29) is 11.7 Å². The van der Waals surface area contributed by atoms with Gasteiger partial charge in [-0.25, -0.2) is 18.9 Å². The summed E-state index contributed by atoms with van der Waals surface area (Å²) in [5.74, 6) is 0.526. The van der Waals surface area contributed by atoms with Gasteiger partial charge in [-0.1, -0.05) is 6.07 Å². The second-order valence-electron chi connectivity index (χ2n) is 9.30. The monoisotopic (exact) mass is 477 g/mol. The fraction of sp³-hybridized carbons (Fsp3) is 0.172. The van der Waals surface area contributed by atoms with Crippen molar-refractivity contribution < 1.29 is 9.18 Å². The summed E-state index contributed by atoms with van der Waals surface area (Å²) in [6, 6.07) is 18.1. The number of imidazole rings is 1. The number of aromatic nitrogens is 4. The molecule has 0 atom stereocenters. The lowest BCUT2D eigenvalue weighted by atomic mass is 10.0. The molecule has 1 aliphatic rings. The van der Waals surface area contributed by atoms with Crippen molar-refractivity contribution in [3.63, 3.8) is 0 Å². The van der Waals surface area contributed by atoms with Gasteiger partial charge in [0.1, 0.15) is 17.3 Å². The summed E-state index contributed by atoms with van der Waals surface area (Å²) in [6.07, 6.45) is 5.70. The summed E-state index contributed by atoms with van der Waals surface area (Å²) >= 11 is 0. The van der Waals surface area contributed by atoms with Crippen molar-refractivity contribution in [2.75, 3.05) is 5.32 Å². The van der Waals surface area contributed by atoms with E-state index in [2.05, 4.69) is 22.3 Å². The first-order valence-electron chi connectivity index (χ1n) is 12.0. The number of nitrogens with one attached hydrogen (secondary N) is 1. The fourth-order valence-electron chi connectivity index (χ4n) is 4.59. The molecule has 6 rings (SSSR count). The van der Waals surface area contributed by atoms with Crippen LogP contribution in [0.3, 0.4) is 0 Å². The second kappa shape index (κ2) is 8.68. The summed E-state index contributed by atoms with van der Waals surface area (Å²) in [4.78, 5) is 22.2. The largest absolute Gasteiger partial charge is 0.307 e. The van der Waals surface area contributed by atoms with E-state index in [1.54, 1.807) is 36.0 Å². The molecular formula is C29H24FN5O. The summed E-state index contributed by atoms with van der Waals surface area (Å²) in [7, 11) is 0. The molecule has 1 saturated carbocycles. The number of rotatable bonds is 5. The number of nitrogens with zero attached hydrogens (tertiary/aromatic N) is 4. The molecule has 6 nitrogen and oxygen atoms in total. The molecule has 0 aliphatic heterocycles. The normalized spacial score (nSPS) is 13.2. The van der Waals surface area contributed by atoms with Gasteiger partial charge in [0.15, 0.2) is 5.65 Å². The molecule has 0 bridgehead atoms. The van der Waals surface area contributed by atoms with E-state index in [0.717, 1.165) is 16.8 Å². The summed E-state index contributed by atoms with van der Waals surface area (Å²) < 4.78 is 15.7. The van der Waals surface area contributed by atoms with Crippen LogP contribution in [0.25, 0.3) is 28.2 Å². The number of carbonyl (C=O) groups is 1. The molecule has 36 heavy (non-hydrogen) atoms. The minimum Gasteiger partial charge on any atom is -0.307 e. The SMILES string of the molecule is Cc1cc(-c2nc3cccnn3c2-c2ccnc(NC(=O)c3ccc(C)c(C4CC4)c3)c2)ccc1F. The van der Waals surface area contributed by atoms with Crippen LogP contribution in [0.15, 0.2) is 73.1 Å². The predicted octanol–water partition coefficient (Wildman–Crippen LogP) is 6.34. The van der Waals surface area contributed by atoms with Gasteiger partial charge in [0.05, 0.1) is 5.69 Å². The van der Waals surface area contributed by atoms with Crippen molar-refractivity contribution in [1.29, 1.82) is 0 Å². The van der Waals surface area contributed by atoms with Gasteiger partial charge in [-0.15, -0.1) is 0 Å². The number of fused-ring (bicyclic) bond motifs is 1. The lowest BCUT2D eigenvalue weighted by Gasteiger charge is -2.10. The zero-order chi connectivity index (χ0) is 24.8. The lowest BCUT2D eigenvalue weighted by Crippen LogP contribution is -2.13. The molecule has 178 valence electrons. The van der Waals surface area contributed by atoms with Crippen molar-refractivity contribution in [1.82, 2.24) is 19.6 Å². The molecule has 0 radical (unpaired) electrons. The second-order valence-corrected chi connectivity index (χ2v) is 9.30. The minimum atomic E-state index is -0.267. The van der Waals surface area contributed by atoms with Crippen LogP contribution in [0.2, 0.25) is 0 Å². The van der Waals surface area contributed by atoms with Crippen LogP contribution in [0, 0.1) is 19.7 Å². The van der Waals surface area contributed by atoms with Crippen LogP contribution >= 0.6 is 0 Å². The smallest absolute Gasteiger partial charge is 0.256 e. The Morgan fingerprint density at radius 3 is 2.64 bits per heavy atom. The van der Waals surface area contributed by atoms with E-state index >= 15 is 0 Å². The fourth-order valence-corrected chi connectivity index (χ4v) is 4.59. The Kier molecular flexibility index (Phi) is 5.33. The lowest BCUT2D eigenvalue weighted by molar-refractivity contribution is 0.102. The van der Waals surface area contributed by atoms with E-state index in [1.807, 2.05) is 42.5 Å². The van der Waals surface area contributed by atoms with Crippen LogP contribution in [-0.2, 0) is 0 Å². The van der Waals surface area contributed by atoms with Crippen molar-refractivity contribution >= 4 is 17.4 Å². The van der Waals surface area contributed by atoms with E-state index in [1.165, 1.54) is 30.0 Å². The molecule has 1 aliphatic carbocycles. The third-order valence-electron chi connectivity index (χ3n) is 6.66. The molecule has 5 aromatic rings. The topological polar surface area (TPSA) is 72.2 Å². The molecule has 0 unspecified atom stereocenters. The number of anilines is 1. The number of benzene rings is 2. The summed E-state index contributed by atoms with van der Waals surface area (Å²) in [5, 5.41) is 7.44. The number of carbonyl (C=O) groups excluding carboxylic acids is 1. The average molecular weight is 478 g/mol. The van der Waals surface area contributed by atoms with Crippen LogP contribution in [0.4, 0.5) is 10.2 Å². The average Bonchev–Trinajstić information content (AvgIpc) is 3.65. The molecule has 1 N–H and O–H groups in total. The summed E-state index contributed by atoms with van der Waals surface area (Å²) in [5.41, 5.74) is 7.27. The minimum absolute atomic E-state index is 0.202. The molecule has 3 aromatic heterocycles. The van der Waals surface area contributed by atoms with E-state index in [4.69, 9.17) is 4.98 Å². The highest BCUT2D eigenvalue weighted by atomic mass is 19.1. The van der Waals surface area contributed by atoms with Gasteiger partial charge in [-0.05, 0) is 104 Å². The maximum atomic E-state index is 14.0. The van der Waals surface area contributed by atoms with Gasteiger partial charge in [-0.2, -0.15) is 5.10 Å². The van der Waals surface area contributed by atoms with Gasteiger partial charge in [0, 0.05) is 29.1 Å². The van der Waals surface area contributed by atoms with E-state index in [0.29, 0.717) is 34.2 Å². The Balaban J connectivity index is 1.39. The van der Waals surface area contributed by atoms with Crippen molar-refractivity contribution in [2.24, 2.45) is 0 Å². The highest BCUT2D eigenvalue weighted by Crippen LogP contribution is 2.42. The first-order valence-corrected chi connectivity index (χ1v) is 12.0. The van der Waals surface area contributed by atoms with E-state index < -0.39 is 0 Å². The molecule has 3 heterocycles. The van der Waals surface area contributed by atoms with Gasteiger partial charge in [-0.3, -0.25) is 4.79 Å². The molecule has 0 saturated heterocycles. The van der Waals surface area contributed by atoms with Crippen LogP contribution in [0.5, 0.6) is 0 Å². The van der Waals surface area contributed by atoms with E-state index in [9.17, 15) is 9.18 Å². The third kappa shape index (κ3) is 4.02. The standard InChI is InChI=1S/C29H24FN5O/c1-17-5-6-22(15-23(17)19-7-8-19)29(36)33-25-16-21(11-13-31-25)28-27(20-9-10-24(30)18(2)14-20)34-26-4-3-12-32-35(26)28/h3-6,9-16,19H,7-8H2,1-2H3,(H,31,33,36). The van der Waals surface area contributed by atoms with Crippen molar-refractivity contribution in [3.05, 3.63) is 101 Å². The Hall–Kier alpha value is -4.39. The molecule has 7 heteroatoms. The summed E-state index contributed by atoms with van der Waals surface area (Å²) in [6.45, 7) is 3.82. The zero-order valence-electron chi connectivity index (χ0n) is 20.0. The first kappa shape index (κ1) is 22.1. The highest BCUT2D eigenvalue weighted by molar-refractivity contribution is 6.04. The number of amides is 1. The highest BCUT2D eigenvalue weighted by Gasteiger charge is 2.26. The van der Waals surface area contributed by atoms with Crippen LogP contribution in [-0.4, -0.2) is 25.5 Å². The Labute approximate surface area is 207 Å². The van der Waals surface area contributed by atoms with Gasteiger partial charge >= 0.3 is 0 Å². The molecule has 1 fully saturated rings. The number of hydrogen-bond donors (Lipinski definition) is 1. The quantitative estimate of drug-likeness (QED) is 0.320. The molecular weight excluding hydrogens is 453 g/mol. The molecule has 1 amide bonds. The Morgan fingerprint density at radius 1 is 0.972 bits per heavy atom. The number of pyridine rings is 1. The molecule has 2 aromatic carbocycles. The first-order chi connectivity index (χ1) is 17.5. The van der Waals surface area contributed by atoms with Gasteiger partial charge in [0.25, 0.3) is 5.91 Å². The maximum Gasteiger partial charge on any atom is 0.256 e. The third-order valence-corrected chi connectivity index (χ3v) is 6.66. The maximum absolute atomic E-state index is 14.0. The number of halogens is 1. The van der Waals surface area contributed by atoms with Crippen LogP contribution < -0.4 is 5.32 Å². The predicted molar refractivity (Wildman–Crippen MR) is 137 cm³/mol. The molecule has 0 spiro atoms.